The van der Waals surface area contributed by atoms with Gasteiger partial charge in [-0.05, 0) is 0 Å². The fourth-order valence-electron chi connectivity index (χ4n) is 1.56. The number of alkyl carbamates (subject to hydrolysis) is 2. The summed E-state index contributed by atoms with van der Waals surface area (Å²) in [5, 5.41) is 23.8. The van der Waals surface area contributed by atoms with E-state index in [9.17, 15) is 9.59 Å². The van der Waals surface area contributed by atoms with E-state index in [4.69, 9.17) is 39.2 Å². The molecular formula is C18H34N4O10S7. The number of thioether (sulfide) groups is 7. The van der Waals surface area contributed by atoms with Crippen LogP contribution in [-0.2, 0) is 29.0 Å². The zero-order valence-corrected chi connectivity index (χ0v) is 26.7. The van der Waals surface area contributed by atoms with Crippen LogP contribution >= 0.6 is 82.3 Å². The second-order valence-electron chi connectivity index (χ2n) is 5.76. The Bertz CT molecular complexity index is 633. The first-order chi connectivity index (χ1) is 19.2. The summed E-state index contributed by atoms with van der Waals surface area (Å²) in [6.07, 6.45) is 1.36. The van der Waals surface area contributed by atoms with Crippen LogP contribution < -0.4 is 10.6 Å². The number of aliphatic imine (C=N–C) groups is 2. The molecule has 14 nitrogen and oxygen atoms in total. The van der Waals surface area contributed by atoms with Gasteiger partial charge in [-0.3, -0.25) is 0 Å². The van der Waals surface area contributed by atoms with Gasteiger partial charge in [0.15, 0.2) is 0 Å². The molecule has 21 heteroatoms. The molecule has 0 aliphatic rings. The minimum atomic E-state index is -0.507. The quantitative estimate of drug-likeness (QED) is 0.0235. The summed E-state index contributed by atoms with van der Waals surface area (Å²) in [4.78, 5) is 50.2. The average molecular weight is 691 g/mol. The zero-order valence-electron chi connectivity index (χ0n) is 21.0. The van der Waals surface area contributed by atoms with Crippen molar-refractivity contribution in [2.24, 2.45) is 9.98 Å². The van der Waals surface area contributed by atoms with E-state index in [0.717, 1.165) is 0 Å². The normalized spacial score (nSPS) is 11.1. The Labute approximate surface area is 257 Å². The number of carbonyl (C=O) groups is 2. The van der Waals surface area contributed by atoms with Crippen LogP contribution in [0.1, 0.15) is 0 Å². The minimum Gasteiger partial charge on any atom is -0.438 e. The maximum Gasteiger partial charge on any atom is 0.408 e. The lowest BCUT2D eigenvalue weighted by atomic mass is 10.7. The maximum atomic E-state index is 11.6. The smallest absolute Gasteiger partial charge is 0.408 e. The Hall–Kier alpha value is -0.230. The van der Waals surface area contributed by atoms with E-state index in [1.54, 1.807) is 11.8 Å². The molecule has 0 aromatic heterocycles. The topological polar surface area (TPSA) is 179 Å². The molecule has 0 heterocycles. The van der Waals surface area contributed by atoms with Gasteiger partial charge in [0, 0.05) is 28.2 Å². The van der Waals surface area contributed by atoms with Gasteiger partial charge in [0.25, 0.3) is 0 Å². The molecule has 2 amide bonds. The fraction of sp³-hybridized carbons (Fsp3) is 0.778. The van der Waals surface area contributed by atoms with E-state index in [-0.39, 0.29) is 23.8 Å². The second-order valence-corrected chi connectivity index (χ2v) is 13.4. The van der Waals surface area contributed by atoms with Gasteiger partial charge in [-0.25, -0.2) is 19.6 Å². The zero-order chi connectivity index (χ0) is 28.5. The van der Waals surface area contributed by atoms with Crippen LogP contribution in [-0.4, -0.2) is 117 Å². The predicted octanol–water partition coefficient (Wildman–Crippen LogP) is 3.08. The summed E-state index contributed by atoms with van der Waals surface area (Å²) in [5.74, 6) is 3.27. The third-order valence-corrected chi connectivity index (χ3v) is 8.87. The summed E-state index contributed by atoms with van der Waals surface area (Å²) < 4.78 is 9.94. The van der Waals surface area contributed by atoms with Crippen molar-refractivity contribution in [3.05, 3.63) is 0 Å². The highest BCUT2D eigenvalue weighted by molar-refractivity contribution is 8.16. The number of hydrogen-bond donors (Lipinski definition) is 4. The third kappa shape index (κ3) is 33.9. The molecule has 4 N–H and O–H groups in total. The predicted molar refractivity (Wildman–Crippen MR) is 166 cm³/mol. The van der Waals surface area contributed by atoms with Gasteiger partial charge in [-0.15, -0.1) is 58.8 Å². The molecule has 0 fully saturated rings. The number of amides is 2. The van der Waals surface area contributed by atoms with E-state index in [2.05, 4.69) is 20.6 Å². The van der Waals surface area contributed by atoms with Gasteiger partial charge >= 0.3 is 12.2 Å². The first-order valence-electron chi connectivity index (χ1n) is 10.8. The molecule has 0 saturated heterocycles. The van der Waals surface area contributed by atoms with Crippen molar-refractivity contribution in [2.75, 3.05) is 82.2 Å². The molecule has 0 atom stereocenters. The summed E-state index contributed by atoms with van der Waals surface area (Å²) in [7, 11) is 0. The van der Waals surface area contributed by atoms with E-state index < -0.39 is 12.2 Å². The van der Waals surface area contributed by atoms with Gasteiger partial charge < -0.3 is 40.1 Å². The molecular weight excluding hydrogens is 657 g/mol. The van der Waals surface area contributed by atoms with Gasteiger partial charge in [0.2, 0.25) is 12.8 Å². The largest absolute Gasteiger partial charge is 0.438 e. The number of carbonyl (C=O) groups excluding carboxylic acids is 2. The number of ether oxygens (including phenoxy) is 2. The molecule has 0 aromatic rings. The SMILES string of the molecule is O=C(NCCSCCOOC=NCSCNC(=O)OCSCSCO)OCSCN=COOCSCSCO. The second kappa shape index (κ2) is 34.0. The molecule has 228 valence electrons. The van der Waals surface area contributed by atoms with Gasteiger partial charge in [-0.2, -0.15) is 21.5 Å². The molecule has 0 saturated carbocycles. The van der Waals surface area contributed by atoms with Crippen LogP contribution in [0.5, 0.6) is 0 Å². The Balaban J connectivity index is 3.31. The fourth-order valence-corrected chi connectivity index (χ4v) is 5.51. The van der Waals surface area contributed by atoms with Crippen LogP contribution in [0.15, 0.2) is 9.98 Å². The van der Waals surface area contributed by atoms with Crippen molar-refractivity contribution >= 4 is 107 Å². The Morgan fingerprint density at radius 2 is 1.31 bits per heavy atom. The van der Waals surface area contributed by atoms with E-state index in [1.807, 2.05) is 0 Å². The number of aliphatic hydroxyl groups excluding tert-OH is 2. The maximum absolute atomic E-state index is 11.6. The Kier molecular flexibility index (Phi) is 33.8. The lowest BCUT2D eigenvalue weighted by Crippen LogP contribution is -2.26. The summed E-state index contributed by atoms with van der Waals surface area (Å²) in [6, 6.07) is 0. The van der Waals surface area contributed by atoms with E-state index in [0.29, 0.717) is 58.4 Å². The Morgan fingerprint density at radius 3 is 2.03 bits per heavy atom. The first-order valence-corrected chi connectivity index (χ1v) is 18.9. The molecule has 0 spiro atoms. The average Bonchev–Trinajstić information content (AvgIpc) is 2.93. The standard InChI is InChI=1S/C18H34N4O10S7/c23-10-36-15-38-13-28-18(26)22-9-34-7-19-5-30-29-2-4-33-3-1-21-17(25)27-12-35-8-20-6-31-32-14-39-16-37-11-24/h5-6,23-24H,1-4,7-16H2,(H,21,25)(H,22,26). The van der Waals surface area contributed by atoms with Crippen molar-refractivity contribution in [1.82, 2.24) is 10.6 Å². The highest BCUT2D eigenvalue weighted by atomic mass is 32.2. The molecule has 0 radical (unpaired) electrons. The van der Waals surface area contributed by atoms with Crippen LogP contribution in [0, 0.1) is 0 Å². The molecule has 0 aromatic carbocycles. The van der Waals surface area contributed by atoms with Crippen molar-refractivity contribution < 1.29 is 48.8 Å². The first kappa shape index (κ1) is 38.8. The number of rotatable bonds is 28. The molecule has 0 rings (SSSR count). The number of aliphatic hydroxyl groups is 2. The van der Waals surface area contributed by atoms with Crippen molar-refractivity contribution in [3.63, 3.8) is 0 Å². The van der Waals surface area contributed by atoms with E-state index in [1.165, 1.54) is 83.4 Å². The van der Waals surface area contributed by atoms with Crippen molar-refractivity contribution in [2.45, 2.75) is 0 Å². The molecule has 0 bridgehead atoms. The summed E-state index contributed by atoms with van der Waals surface area (Å²) >= 11 is 9.80. The van der Waals surface area contributed by atoms with E-state index >= 15 is 0 Å². The molecule has 39 heavy (non-hydrogen) atoms. The summed E-state index contributed by atoms with van der Waals surface area (Å²) in [6.45, 7) is 0.805. The highest BCUT2D eigenvalue weighted by Gasteiger charge is 2.02. The van der Waals surface area contributed by atoms with Gasteiger partial charge in [0.1, 0.15) is 24.4 Å². The lowest BCUT2D eigenvalue weighted by molar-refractivity contribution is -0.210. The number of nitrogens with one attached hydrogen (secondary N) is 2. The van der Waals surface area contributed by atoms with Crippen molar-refractivity contribution in [3.8, 4) is 0 Å². The monoisotopic (exact) mass is 690 g/mol. The highest BCUT2D eigenvalue weighted by Crippen LogP contribution is 2.11. The number of hydrogen-bond acceptors (Lipinski definition) is 19. The Morgan fingerprint density at radius 1 is 0.692 bits per heavy atom. The van der Waals surface area contributed by atoms with Crippen LogP contribution in [0.25, 0.3) is 0 Å². The molecule has 0 aliphatic carbocycles. The van der Waals surface area contributed by atoms with Crippen LogP contribution in [0.3, 0.4) is 0 Å². The minimum absolute atomic E-state index is 0.0448. The third-order valence-electron chi connectivity index (χ3n) is 3.04. The summed E-state index contributed by atoms with van der Waals surface area (Å²) in [5.41, 5.74) is 0. The van der Waals surface area contributed by atoms with Crippen LogP contribution in [0.2, 0.25) is 0 Å². The van der Waals surface area contributed by atoms with Gasteiger partial charge in [0.05, 0.1) is 29.5 Å². The van der Waals surface area contributed by atoms with Crippen LogP contribution in [0.4, 0.5) is 9.59 Å². The van der Waals surface area contributed by atoms with Crippen molar-refractivity contribution in [1.29, 1.82) is 0 Å². The van der Waals surface area contributed by atoms with Gasteiger partial charge in [-0.1, -0.05) is 11.8 Å². The number of nitrogens with zero attached hydrogens (tertiary/aromatic N) is 2. The molecule has 0 unspecified atom stereocenters. The lowest BCUT2D eigenvalue weighted by Gasteiger charge is -2.06. The molecule has 0 aliphatic heterocycles.